The van der Waals surface area contributed by atoms with Gasteiger partial charge in [0.05, 0.1) is 36.9 Å². The van der Waals surface area contributed by atoms with Gasteiger partial charge in [0.25, 0.3) is 0 Å². The lowest BCUT2D eigenvalue weighted by Crippen LogP contribution is -2.63. The maximum atomic E-state index is 14.2. The molecule has 1 aliphatic heterocycles. The highest BCUT2D eigenvalue weighted by Gasteiger charge is 2.66. The molecule has 0 bridgehead atoms. The summed E-state index contributed by atoms with van der Waals surface area (Å²) >= 11 is 0. The number of ether oxygens (including phenoxy) is 2. The molecule has 7 heteroatoms. The number of hydrogen-bond donors (Lipinski definition) is 4. The first-order valence-corrected chi connectivity index (χ1v) is 16.9. The fourth-order valence-corrected chi connectivity index (χ4v) is 11.7. The molecule has 7 nitrogen and oxygen atoms in total. The Morgan fingerprint density at radius 1 is 0.905 bits per heavy atom. The van der Waals surface area contributed by atoms with Crippen molar-refractivity contribution >= 4 is 5.97 Å². The number of aliphatic hydroxyl groups excluding tert-OH is 4. The smallest absolute Gasteiger partial charge is 0.314 e. The van der Waals surface area contributed by atoms with Gasteiger partial charge >= 0.3 is 5.97 Å². The summed E-state index contributed by atoms with van der Waals surface area (Å²) in [5.41, 5.74) is 0.767. The van der Waals surface area contributed by atoms with Gasteiger partial charge in [-0.3, -0.25) is 4.79 Å². The van der Waals surface area contributed by atoms with Crippen molar-refractivity contribution in [1.29, 1.82) is 0 Å². The number of esters is 1. The number of hydrogen-bond acceptors (Lipinski definition) is 7. The molecule has 238 valence electrons. The molecule has 0 radical (unpaired) electrons. The van der Waals surface area contributed by atoms with Crippen LogP contribution in [0.4, 0.5) is 0 Å². The lowest BCUT2D eigenvalue weighted by Gasteiger charge is -2.68. The van der Waals surface area contributed by atoms with Crippen LogP contribution in [0.5, 0.6) is 0 Å². The van der Waals surface area contributed by atoms with Crippen LogP contribution in [0.1, 0.15) is 112 Å². The standard InChI is InChI=1S/C35H56O7/c1-31(2)14-15-35(30(40)42-29-17-21(38)16-22(19-36)41-29)13-8-24-23(25(35)18-31)6-7-26-32(24,3)11-9-27-33(26,4)12-10-28(39)34(27,5)20-37/h6,21-22,24-29,36-39H,7-20H2,1-5H3/t21?,22?,24?,25?,26?,27?,28?,29?,32?,33?,34-,35?/m1/s1. The minimum absolute atomic E-state index is 0.0327. The van der Waals surface area contributed by atoms with Crippen LogP contribution >= 0.6 is 0 Å². The predicted molar refractivity (Wildman–Crippen MR) is 159 cm³/mol. The first kappa shape index (κ1) is 31.0. The SMILES string of the molecule is CC1(C)CCC2(C(=O)OC3CC(O)CC(CO)O3)CCC3C(=CCC4C3(C)CCC3C4(C)CCC(O)[C@]3(C)CO)C2C1. The van der Waals surface area contributed by atoms with Crippen molar-refractivity contribution in [3.63, 3.8) is 0 Å². The summed E-state index contributed by atoms with van der Waals surface area (Å²) < 4.78 is 12.0. The Kier molecular flexibility index (Phi) is 7.78. The Labute approximate surface area is 252 Å². The van der Waals surface area contributed by atoms with E-state index in [0.29, 0.717) is 24.2 Å². The van der Waals surface area contributed by atoms with Gasteiger partial charge in [-0.15, -0.1) is 0 Å². The quantitative estimate of drug-likeness (QED) is 0.266. The topological polar surface area (TPSA) is 116 Å². The van der Waals surface area contributed by atoms with Crippen molar-refractivity contribution in [2.75, 3.05) is 13.2 Å². The molecule has 0 aromatic rings. The summed E-state index contributed by atoms with van der Waals surface area (Å²) in [6.45, 7) is 11.6. The van der Waals surface area contributed by atoms with E-state index in [2.05, 4.69) is 40.7 Å². The van der Waals surface area contributed by atoms with Gasteiger partial charge in [0, 0.05) is 18.3 Å². The van der Waals surface area contributed by atoms with Gasteiger partial charge in [-0.05, 0) is 104 Å². The van der Waals surface area contributed by atoms with Crippen LogP contribution in [0.3, 0.4) is 0 Å². The molecule has 5 fully saturated rings. The van der Waals surface area contributed by atoms with E-state index in [1.54, 1.807) is 0 Å². The monoisotopic (exact) mass is 588 g/mol. The van der Waals surface area contributed by atoms with Crippen molar-refractivity contribution in [2.45, 2.75) is 136 Å². The average Bonchev–Trinajstić information content (AvgIpc) is 2.94. The van der Waals surface area contributed by atoms with Gasteiger partial charge in [-0.25, -0.2) is 0 Å². The molecule has 0 aromatic carbocycles. The first-order chi connectivity index (χ1) is 19.7. The second-order valence-electron chi connectivity index (χ2n) is 16.9. The summed E-state index contributed by atoms with van der Waals surface area (Å²) in [7, 11) is 0. The zero-order chi connectivity index (χ0) is 30.3. The van der Waals surface area contributed by atoms with E-state index in [0.717, 1.165) is 64.2 Å². The molecule has 5 aliphatic carbocycles. The van der Waals surface area contributed by atoms with Crippen LogP contribution in [0, 0.1) is 50.7 Å². The summed E-state index contributed by atoms with van der Waals surface area (Å²) in [6.07, 6.45) is 10.1. The van der Waals surface area contributed by atoms with E-state index in [9.17, 15) is 25.2 Å². The number of rotatable bonds is 4. The van der Waals surface area contributed by atoms with Crippen LogP contribution < -0.4 is 0 Å². The molecule has 6 rings (SSSR count). The zero-order valence-electron chi connectivity index (χ0n) is 26.6. The third-order valence-corrected chi connectivity index (χ3v) is 14.1. The molecule has 0 aromatic heterocycles. The average molecular weight is 589 g/mol. The van der Waals surface area contributed by atoms with Crippen molar-refractivity contribution in [3.8, 4) is 0 Å². The van der Waals surface area contributed by atoms with E-state index in [4.69, 9.17) is 9.47 Å². The van der Waals surface area contributed by atoms with Gasteiger partial charge in [-0.1, -0.05) is 46.3 Å². The normalized spacial score (nSPS) is 51.7. The lowest BCUT2D eigenvalue weighted by molar-refractivity contribution is -0.234. The van der Waals surface area contributed by atoms with Crippen LogP contribution in [0.25, 0.3) is 0 Å². The molecule has 0 amide bonds. The molecule has 12 atom stereocenters. The summed E-state index contributed by atoms with van der Waals surface area (Å²) in [4.78, 5) is 14.2. The lowest BCUT2D eigenvalue weighted by atomic mass is 9.37. The molecular weight excluding hydrogens is 532 g/mol. The van der Waals surface area contributed by atoms with Crippen LogP contribution in [0.15, 0.2) is 11.6 Å². The maximum absolute atomic E-state index is 14.2. The maximum Gasteiger partial charge on any atom is 0.314 e. The number of allylic oxidation sites excluding steroid dienone is 2. The molecule has 0 spiro atoms. The van der Waals surface area contributed by atoms with Gasteiger partial charge in [-0.2, -0.15) is 0 Å². The van der Waals surface area contributed by atoms with Crippen LogP contribution in [-0.2, 0) is 14.3 Å². The summed E-state index contributed by atoms with van der Waals surface area (Å²) in [6, 6.07) is 0. The first-order valence-electron chi connectivity index (χ1n) is 16.9. The molecule has 4 N–H and O–H groups in total. The van der Waals surface area contributed by atoms with Gasteiger partial charge in [0.1, 0.15) is 0 Å². The van der Waals surface area contributed by atoms with E-state index in [1.165, 1.54) is 5.57 Å². The Bertz CT molecular complexity index is 1090. The minimum Gasteiger partial charge on any atom is -0.435 e. The molecule has 11 unspecified atom stereocenters. The molecule has 1 heterocycles. The highest BCUT2D eigenvalue weighted by molar-refractivity contribution is 5.78. The third-order valence-electron chi connectivity index (χ3n) is 14.1. The number of aliphatic hydroxyl groups is 4. The van der Waals surface area contributed by atoms with Gasteiger partial charge in [0.15, 0.2) is 0 Å². The molecule has 4 saturated carbocycles. The molecule has 6 aliphatic rings. The van der Waals surface area contributed by atoms with Crippen LogP contribution in [-0.4, -0.2) is 64.2 Å². The zero-order valence-corrected chi connectivity index (χ0v) is 26.6. The minimum atomic E-state index is -0.818. The van der Waals surface area contributed by atoms with Crippen LogP contribution in [0.2, 0.25) is 0 Å². The highest BCUT2D eigenvalue weighted by atomic mass is 16.7. The third kappa shape index (κ3) is 4.57. The Morgan fingerprint density at radius 2 is 1.64 bits per heavy atom. The number of fused-ring (bicyclic) bond motifs is 7. The van der Waals surface area contributed by atoms with Crippen molar-refractivity contribution < 1.29 is 34.7 Å². The fourth-order valence-electron chi connectivity index (χ4n) is 11.7. The predicted octanol–water partition coefficient (Wildman–Crippen LogP) is 5.13. The van der Waals surface area contributed by atoms with Gasteiger partial charge in [0.2, 0.25) is 6.29 Å². The second kappa shape index (κ2) is 10.5. The van der Waals surface area contributed by atoms with Gasteiger partial charge < -0.3 is 29.9 Å². The summed E-state index contributed by atoms with van der Waals surface area (Å²) in [5, 5.41) is 41.5. The Morgan fingerprint density at radius 3 is 2.36 bits per heavy atom. The molecule has 1 saturated heterocycles. The summed E-state index contributed by atoms with van der Waals surface area (Å²) in [5.74, 6) is 1.16. The van der Waals surface area contributed by atoms with Crippen molar-refractivity contribution in [3.05, 3.63) is 11.6 Å². The number of carbonyl (C=O) groups is 1. The Balaban J connectivity index is 1.31. The highest BCUT2D eigenvalue weighted by Crippen LogP contribution is 2.72. The van der Waals surface area contributed by atoms with E-state index in [-0.39, 0.29) is 47.8 Å². The van der Waals surface area contributed by atoms with Crippen molar-refractivity contribution in [2.24, 2.45) is 50.7 Å². The molecule has 42 heavy (non-hydrogen) atoms. The van der Waals surface area contributed by atoms with E-state index < -0.39 is 35.4 Å². The van der Waals surface area contributed by atoms with E-state index >= 15 is 0 Å². The Hall–Kier alpha value is -0.990. The van der Waals surface area contributed by atoms with E-state index in [1.807, 2.05) is 0 Å². The largest absolute Gasteiger partial charge is 0.435 e. The number of carbonyl (C=O) groups excluding carboxylic acids is 1. The molecular formula is C35H56O7. The van der Waals surface area contributed by atoms with Crippen molar-refractivity contribution in [1.82, 2.24) is 0 Å². The second-order valence-corrected chi connectivity index (χ2v) is 16.9. The fraction of sp³-hybridized carbons (Fsp3) is 0.914.